The second-order valence-corrected chi connectivity index (χ2v) is 2.96. The Morgan fingerprint density at radius 2 is 1.31 bits per heavy atom. The van der Waals surface area contributed by atoms with Crippen molar-refractivity contribution in [3.8, 4) is 0 Å². The number of hydrogen-bond donors (Lipinski definition) is 0. The highest BCUT2D eigenvalue weighted by atomic mass is 16.7. The fourth-order valence-electron chi connectivity index (χ4n) is 1.31. The van der Waals surface area contributed by atoms with Gasteiger partial charge in [-0.2, -0.15) is 0 Å². The molecule has 16 heavy (non-hydrogen) atoms. The minimum atomic E-state index is -0.481. The molecule has 2 aromatic heterocycles. The molecule has 0 aliphatic carbocycles. The Bertz CT molecular complexity index is 435. The van der Waals surface area contributed by atoms with Gasteiger partial charge in [-0.15, -0.1) is 0 Å². The number of nitro groups is 1. The summed E-state index contributed by atoms with van der Waals surface area (Å²) in [5, 5.41) is 11.5. The molecule has 0 saturated carbocycles. The number of hydrazine groups is 1. The summed E-state index contributed by atoms with van der Waals surface area (Å²) in [6.45, 7) is 0. The van der Waals surface area contributed by atoms with E-state index in [2.05, 4.69) is 9.97 Å². The molecule has 0 amide bonds. The van der Waals surface area contributed by atoms with Crippen LogP contribution < -0.4 is 5.01 Å². The van der Waals surface area contributed by atoms with E-state index in [1.807, 2.05) is 0 Å². The van der Waals surface area contributed by atoms with Gasteiger partial charge in [-0.1, -0.05) is 5.01 Å². The van der Waals surface area contributed by atoms with Crippen molar-refractivity contribution in [3.63, 3.8) is 0 Å². The lowest BCUT2D eigenvalue weighted by Crippen LogP contribution is -2.24. The number of pyridine rings is 2. The van der Waals surface area contributed by atoms with Crippen molar-refractivity contribution >= 4 is 11.4 Å². The summed E-state index contributed by atoms with van der Waals surface area (Å²) in [6.07, 6.45) is 6.03. The molecular weight excluding hydrogens is 208 g/mol. The first-order chi connectivity index (χ1) is 7.79. The van der Waals surface area contributed by atoms with Gasteiger partial charge in [0.05, 0.1) is 0 Å². The fraction of sp³-hybridized carbons (Fsp3) is 0. The summed E-state index contributed by atoms with van der Waals surface area (Å²) in [5.41, 5.74) is 0.900. The van der Waals surface area contributed by atoms with E-state index in [-0.39, 0.29) is 0 Å². The lowest BCUT2D eigenvalue weighted by Gasteiger charge is -2.12. The number of nitrogens with zero attached hydrogens (tertiary/aromatic N) is 4. The summed E-state index contributed by atoms with van der Waals surface area (Å²) in [7, 11) is 0. The van der Waals surface area contributed by atoms with Crippen molar-refractivity contribution in [2.75, 3.05) is 5.01 Å². The maximum absolute atomic E-state index is 11.0. The summed E-state index contributed by atoms with van der Waals surface area (Å²) in [6, 6.07) is 6.29. The molecule has 0 saturated heterocycles. The molecule has 0 aliphatic rings. The Morgan fingerprint density at radius 3 is 1.62 bits per heavy atom. The van der Waals surface area contributed by atoms with Crippen LogP contribution in [0.25, 0.3) is 0 Å². The van der Waals surface area contributed by atoms with E-state index in [1.165, 1.54) is 24.8 Å². The van der Waals surface area contributed by atoms with E-state index in [0.29, 0.717) is 11.4 Å². The van der Waals surface area contributed by atoms with E-state index in [9.17, 15) is 10.1 Å². The third kappa shape index (κ3) is 1.95. The molecule has 2 aromatic rings. The molecule has 0 atom stereocenters. The van der Waals surface area contributed by atoms with Crippen LogP contribution in [0.4, 0.5) is 11.4 Å². The van der Waals surface area contributed by atoms with Crippen LogP contribution in [0, 0.1) is 10.1 Å². The molecule has 2 heterocycles. The van der Waals surface area contributed by atoms with Crippen molar-refractivity contribution < 1.29 is 5.03 Å². The number of aromatic nitrogens is 2. The molecule has 0 radical (unpaired) electrons. The van der Waals surface area contributed by atoms with Crippen molar-refractivity contribution in [3.05, 3.63) is 59.2 Å². The summed E-state index contributed by atoms with van der Waals surface area (Å²) in [4.78, 5) is 18.6. The van der Waals surface area contributed by atoms with Gasteiger partial charge in [-0.3, -0.25) is 9.97 Å². The van der Waals surface area contributed by atoms with Crippen molar-refractivity contribution in [1.29, 1.82) is 0 Å². The molecule has 6 heteroatoms. The smallest absolute Gasteiger partial charge is 0.170 e. The first kappa shape index (κ1) is 10.0. The van der Waals surface area contributed by atoms with Gasteiger partial charge in [0.1, 0.15) is 11.4 Å². The molecule has 0 bridgehead atoms. The third-order valence-corrected chi connectivity index (χ3v) is 1.98. The zero-order valence-electron chi connectivity index (χ0n) is 8.22. The van der Waals surface area contributed by atoms with E-state index in [4.69, 9.17) is 0 Å². The molecule has 2 rings (SSSR count). The average Bonchev–Trinajstić information content (AvgIpc) is 2.31. The molecule has 0 aliphatic heterocycles. The van der Waals surface area contributed by atoms with Gasteiger partial charge in [0.2, 0.25) is 0 Å². The predicted octanol–water partition coefficient (Wildman–Crippen LogP) is 1.81. The SMILES string of the molecule is O=[N+]([O-])N(c1ccncc1)c1ccncc1. The second kappa shape index (κ2) is 4.35. The summed E-state index contributed by atoms with van der Waals surface area (Å²) in [5.74, 6) is 0. The lowest BCUT2D eigenvalue weighted by molar-refractivity contribution is -0.483. The predicted molar refractivity (Wildman–Crippen MR) is 57.6 cm³/mol. The van der Waals surface area contributed by atoms with Crippen molar-refractivity contribution in [2.45, 2.75) is 0 Å². The second-order valence-electron chi connectivity index (χ2n) is 2.96. The van der Waals surface area contributed by atoms with Gasteiger partial charge >= 0.3 is 0 Å². The van der Waals surface area contributed by atoms with Crippen LogP contribution in [0.15, 0.2) is 49.1 Å². The minimum Gasteiger partial charge on any atom is -0.265 e. The molecule has 0 fully saturated rings. The molecule has 0 unspecified atom stereocenters. The molecular formula is C10H8N4O2. The van der Waals surface area contributed by atoms with Gasteiger partial charge in [-0.05, 0) is 24.3 Å². The van der Waals surface area contributed by atoms with Crippen molar-refractivity contribution in [2.24, 2.45) is 0 Å². The van der Waals surface area contributed by atoms with Crippen LogP contribution in [-0.4, -0.2) is 15.0 Å². The maximum Gasteiger partial charge on any atom is 0.170 e. The van der Waals surface area contributed by atoms with Crippen LogP contribution in [0.1, 0.15) is 0 Å². The summed E-state index contributed by atoms with van der Waals surface area (Å²) < 4.78 is 0. The normalized spacial score (nSPS) is 9.75. The lowest BCUT2D eigenvalue weighted by atomic mass is 10.3. The zero-order chi connectivity index (χ0) is 11.4. The monoisotopic (exact) mass is 216 g/mol. The van der Waals surface area contributed by atoms with E-state index in [0.717, 1.165) is 5.01 Å². The minimum absolute atomic E-state index is 0.450. The number of rotatable bonds is 3. The van der Waals surface area contributed by atoms with Crippen LogP contribution in [0.3, 0.4) is 0 Å². The molecule has 0 spiro atoms. The number of hydrogen-bond acceptors (Lipinski definition) is 4. The van der Waals surface area contributed by atoms with E-state index < -0.39 is 5.03 Å². The Labute approximate surface area is 91.3 Å². The van der Waals surface area contributed by atoms with Crippen molar-refractivity contribution in [1.82, 2.24) is 9.97 Å². The average molecular weight is 216 g/mol. The van der Waals surface area contributed by atoms with Gasteiger partial charge in [0.25, 0.3) is 0 Å². The van der Waals surface area contributed by atoms with Gasteiger partial charge < -0.3 is 0 Å². The van der Waals surface area contributed by atoms with Gasteiger partial charge in [-0.25, -0.2) is 10.1 Å². The molecule has 0 aromatic carbocycles. The molecule has 80 valence electrons. The highest BCUT2D eigenvalue weighted by Crippen LogP contribution is 2.23. The van der Waals surface area contributed by atoms with Gasteiger partial charge in [0.15, 0.2) is 5.03 Å². The largest absolute Gasteiger partial charge is 0.265 e. The Hall–Kier alpha value is -2.50. The fourth-order valence-corrected chi connectivity index (χ4v) is 1.31. The zero-order valence-corrected chi connectivity index (χ0v) is 8.22. The third-order valence-electron chi connectivity index (χ3n) is 1.98. The Balaban J connectivity index is 2.44. The summed E-state index contributed by atoms with van der Waals surface area (Å²) >= 11 is 0. The highest BCUT2D eigenvalue weighted by Gasteiger charge is 2.19. The van der Waals surface area contributed by atoms with Gasteiger partial charge in [0, 0.05) is 24.8 Å². The molecule has 0 N–H and O–H groups in total. The first-order valence-electron chi connectivity index (χ1n) is 4.53. The Kier molecular flexibility index (Phi) is 2.73. The highest BCUT2D eigenvalue weighted by molar-refractivity contribution is 5.58. The first-order valence-corrected chi connectivity index (χ1v) is 4.53. The molecule has 6 nitrogen and oxygen atoms in total. The van der Waals surface area contributed by atoms with E-state index >= 15 is 0 Å². The standard InChI is InChI=1S/C10H8N4O2/c15-14(16)13(9-1-5-11-6-2-9)10-3-7-12-8-4-10/h1-8H. The maximum atomic E-state index is 11.0. The quantitative estimate of drug-likeness (QED) is 0.577. The topological polar surface area (TPSA) is 72.2 Å². The number of anilines is 2. The van der Waals surface area contributed by atoms with Crippen LogP contribution in [0.2, 0.25) is 0 Å². The van der Waals surface area contributed by atoms with Crippen LogP contribution in [-0.2, 0) is 0 Å². The Morgan fingerprint density at radius 1 is 0.938 bits per heavy atom. The van der Waals surface area contributed by atoms with Crippen LogP contribution in [0.5, 0.6) is 0 Å². The van der Waals surface area contributed by atoms with E-state index in [1.54, 1.807) is 24.3 Å². The van der Waals surface area contributed by atoms with Crippen LogP contribution >= 0.6 is 0 Å².